The van der Waals surface area contributed by atoms with E-state index in [1.807, 2.05) is 11.4 Å². The second-order valence-electron chi connectivity index (χ2n) is 3.38. The highest BCUT2D eigenvalue weighted by molar-refractivity contribution is 9.11. The SMILES string of the molecule is O=C1NCC(C(=O)NCc2csc(Br)c2)N1. The number of amides is 3. The van der Waals surface area contributed by atoms with E-state index in [0.29, 0.717) is 13.1 Å². The first kappa shape index (κ1) is 11.4. The summed E-state index contributed by atoms with van der Waals surface area (Å²) in [5.41, 5.74) is 1.04. The predicted octanol–water partition coefficient (Wildman–Crippen LogP) is 0.808. The Kier molecular flexibility index (Phi) is 3.45. The summed E-state index contributed by atoms with van der Waals surface area (Å²) in [4.78, 5) is 22.4. The van der Waals surface area contributed by atoms with Crippen LogP contribution in [0, 0.1) is 0 Å². The van der Waals surface area contributed by atoms with Crippen LogP contribution >= 0.6 is 27.3 Å². The van der Waals surface area contributed by atoms with Crippen LogP contribution < -0.4 is 16.0 Å². The van der Waals surface area contributed by atoms with E-state index in [2.05, 4.69) is 31.9 Å². The van der Waals surface area contributed by atoms with Gasteiger partial charge in [-0.15, -0.1) is 11.3 Å². The first-order chi connectivity index (χ1) is 7.65. The highest BCUT2D eigenvalue weighted by Gasteiger charge is 2.26. The third kappa shape index (κ3) is 2.73. The summed E-state index contributed by atoms with van der Waals surface area (Å²) in [5, 5.41) is 9.80. The molecule has 1 fully saturated rings. The minimum atomic E-state index is -0.463. The maximum Gasteiger partial charge on any atom is 0.315 e. The lowest BCUT2D eigenvalue weighted by Crippen LogP contribution is -2.42. The normalized spacial score (nSPS) is 19.1. The van der Waals surface area contributed by atoms with Crippen molar-refractivity contribution in [2.45, 2.75) is 12.6 Å². The summed E-state index contributed by atoms with van der Waals surface area (Å²) in [7, 11) is 0. The first-order valence-electron chi connectivity index (χ1n) is 4.70. The molecule has 86 valence electrons. The number of hydrogen-bond acceptors (Lipinski definition) is 3. The zero-order valence-corrected chi connectivity index (χ0v) is 10.7. The number of carbonyl (C=O) groups excluding carboxylic acids is 2. The average molecular weight is 304 g/mol. The van der Waals surface area contributed by atoms with E-state index in [1.54, 1.807) is 11.3 Å². The Hall–Kier alpha value is -1.08. The average Bonchev–Trinajstić information content (AvgIpc) is 2.84. The second-order valence-corrected chi connectivity index (χ2v) is 5.67. The largest absolute Gasteiger partial charge is 0.350 e. The Balaban J connectivity index is 1.82. The quantitative estimate of drug-likeness (QED) is 0.773. The summed E-state index contributed by atoms with van der Waals surface area (Å²) < 4.78 is 1.03. The van der Waals surface area contributed by atoms with Gasteiger partial charge in [-0.05, 0) is 32.9 Å². The van der Waals surface area contributed by atoms with E-state index in [1.165, 1.54) is 0 Å². The van der Waals surface area contributed by atoms with Crippen molar-refractivity contribution >= 4 is 39.2 Å². The van der Waals surface area contributed by atoms with Crippen molar-refractivity contribution < 1.29 is 9.59 Å². The number of hydrogen-bond donors (Lipinski definition) is 3. The molecule has 0 saturated carbocycles. The summed E-state index contributed by atoms with van der Waals surface area (Å²) in [6.45, 7) is 0.825. The van der Waals surface area contributed by atoms with Gasteiger partial charge in [-0.25, -0.2) is 4.79 Å². The van der Waals surface area contributed by atoms with Gasteiger partial charge in [0, 0.05) is 13.1 Å². The molecule has 0 spiro atoms. The van der Waals surface area contributed by atoms with Gasteiger partial charge in [0.1, 0.15) is 6.04 Å². The number of urea groups is 1. The van der Waals surface area contributed by atoms with Gasteiger partial charge in [0.25, 0.3) is 0 Å². The summed E-state index contributed by atoms with van der Waals surface area (Å²) in [6, 6.07) is 1.20. The molecular weight excluding hydrogens is 294 g/mol. The van der Waals surface area contributed by atoms with Crippen molar-refractivity contribution in [2.75, 3.05) is 6.54 Å². The van der Waals surface area contributed by atoms with Crippen molar-refractivity contribution in [1.82, 2.24) is 16.0 Å². The van der Waals surface area contributed by atoms with Crippen LogP contribution in [0.25, 0.3) is 0 Å². The molecule has 2 heterocycles. The summed E-state index contributed by atoms with van der Waals surface area (Å²) >= 11 is 4.92. The highest BCUT2D eigenvalue weighted by Crippen LogP contribution is 2.20. The Morgan fingerprint density at radius 3 is 3.06 bits per heavy atom. The topological polar surface area (TPSA) is 70.2 Å². The van der Waals surface area contributed by atoms with E-state index < -0.39 is 6.04 Å². The molecule has 16 heavy (non-hydrogen) atoms. The molecule has 5 nitrogen and oxygen atoms in total. The van der Waals surface area contributed by atoms with Gasteiger partial charge in [-0.3, -0.25) is 4.79 Å². The molecule has 1 aliphatic rings. The molecule has 7 heteroatoms. The molecule has 0 aromatic carbocycles. The fourth-order valence-corrected chi connectivity index (χ4v) is 2.57. The molecule has 1 atom stereocenters. The van der Waals surface area contributed by atoms with Crippen LogP contribution in [0.3, 0.4) is 0 Å². The number of rotatable bonds is 3. The third-order valence-electron chi connectivity index (χ3n) is 2.18. The summed E-state index contributed by atoms with van der Waals surface area (Å²) in [6.07, 6.45) is 0. The van der Waals surface area contributed by atoms with Crippen molar-refractivity contribution in [2.24, 2.45) is 0 Å². The highest BCUT2D eigenvalue weighted by atomic mass is 79.9. The van der Waals surface area contributed by atoms with Crippen LogP contribution in [0.1, 0.15) is 5.56 Å². The van der Waals surface area contributed by atoms with Crippen LogP contribution in [0.5, 0.6) is 0 Å². The van der Waals surface area contributed by atoms with Crippen molar-refractivity contribution in [3.63, 3.8) is 0 Å². The van der Waals surface area contributed by atoms with Gasteiger partial charge in [0.05, 0.1) is 3.79 Å². The van der Waals surface area contributed by atoms with Gasteiger partial charge < -0.3 is 16.0 Å². The first-order valence-corrected chi connectivity index (χ1v) is 6.37. The molecule has 1 aromatic heterocycles. The second kappa shape index (κ2) is 4.84. The van der Waals surface area contributed by atoms with Crippen LogP contribution in [0.2, 0.25) is 0 Å². The molecule has 1 aromatic rings. The van der Waals surface area contributed by atoms with E-state index in [-0.39, 0.29) is 11.9 Å². The number of thiophene rings is 1. The maximum atomic E-state index is 11.6. The smallest absolute Gasteiger partial charge is 0.315 e. The monoisotopic (exact) mass is 303 g/mol. The predicted molar refractivity (Wildman–Crippen MR) is 64.2 cm³/mol. The Bertz CT molecular complexity index is 421. The van der Waals surface area contributed by atoms with Crippen LogP contribution in [-0.2, 0) is 11.3 Å². The lowest BCUT2D eigenvalue weighted by molar-refractivity contribution is -0.122. The molecule has 1 unspecified atom stereocenters. The van der Waals surface area contributed by atoms with E-state index in [0.717, 1.165) is 9.35 Å². The minimum absolute atomic E-state index is 0.166. The van der Waals surface area contributed by atoms with Gasteiger partial charge in [0.2, 0.25) is 5.91 Å². The summed E-state index contributed by atoms with van der Waals surface area (Å²) in [5.74, 6) is -0.166. The Morgan fingerprint density at radius 1 is 1.69 bits per heavy atom. The molecule has 2 rings (SSSR count). The molecule has 3 N–H and O–H groups in total. The molecular formula is C9H10BrN3O2S. The fourth-order valence-electron chi connectivity index (χ4n) is 1.36. The zero-order valence-electron chi connectivity index (χ0n) is 8.25. The maximum absolute atomic E-state index is 11.6. The molecule has 0 aliphatic carbocycles. The van der Waals surface area contributed by atoms with Gasteiger partial charge in [-0.2, -0.15) is 0 Å². The lowest BCUT2D eigenvalue weighted by atomic mass is 10.3. The van der Waals surface area contributed by atoms with Crippen molar-refractivity contribution in [3.8, 4) is 0 Å². The molecule has 1 saturated heterocycles. The Morgan fingerprint density at radius 2 is 2.50 bits per heavy atom. The standard InChI is InChI=1S/C9H10BrN3O2S/c10-7-1-5(4-16-7)2-11-8(14)6-3-12-9(15)13-6/h1,4,6H,2-3H2,(H,11,14)(H2,12,13,15). The van der Waals surface area contributed by atoms with Crippen molar-refractivity contribution in [1.29, 1.82) is 0 Å². The van der Waals surface area contributed by atoms with Gasteiger partial charge in [0.15, 0.2) is 0 Å². The minimum Gasteiger partial charge on any atom is -0.350 e. The Labute approximate surface area is 105 Å². The third-order valence-corrected chi connectivity index (χ3v) is 3.73. The van der Waals surface area contributed by atoms with Crippen LogP contribution in [0.15, 0.2) is 15.2 Å². The lowest BCUT2D eigenvalue weighted by Gasteiger charge is -2.08. The number of halogens is 1. The number of nitrogens with one attached hydrogen (secondary N) is 3. The van der Waals surface area contributed by atoms with Crippen LogP contribution in [0.4, 0.5) is 4.79 Å². The molecule has 0 bridgehead atoms. The van der Waals surface area contributed by atoms with E-state index in [4.69, 9.17) is 0 Å². The molecule has 0 radical (unpaired) electrons. The van der Waals surface area contributed by atoms with Gasteiger partial charge in [-0.1, -0.05) is 0 Å². The zero-order chi connectivity index (χ0) is 11.5. The molecule has 3 amide bonds. The molecule has 1 aliphatic heterocycles. The van der Waals surface area contributed by atoms with E-state index >= 15 is 0 Å². The number of carbonyl (C=O) groups is 2. The van der Waals surface area contributed by atoms with E-state index in [9.17, 15) is 9.59 Å². The van der Waals surface area contributed by atoms with Gasteiger partial charge >= 0.3 is 6.03 Å². The fraction of sp³-hybridized carbons (Fsp3) is 0.333. The van der Waals surface area contributed by atoms with Crippen molar-refractivity contribution in [3.05, 3.63) is 20.8 Å². The van der Waals surface area contributed by atoms with Crippen LogP contribution in [-0.4, -0.2) is 24.5 Å².